The van der Waals surface area contributed by atoms with Gasteiger partial charge in [0, 0.05) is 6.04 Å². The van der Waals surface area contributed by atoms with E-state index in [1.165, 1.54) is 56.9 Å². The maximum absolute atomic E-state index is 11.7. The predicted molar refractivity (Wildman–Crippen MR) is 136 cm³/mol. The van der Waals surface area contributed by atoms with Crippen molar-refractivity contribution in [3.63, 3.8) is 0 Å². The molecule has 4 aliphatic rings. The Morgan fingerprint density at radius 2 is 1.56 bits per heavy atom. The molecule has 0 heterocycles. The lowest BCUT2D eigenvalue weighted by molar-refractivity contribution is -0.210. The Kier molecular flexibility index (Phi) is 6.07. The van der Waals surface area contributed by atoms with E-state index in [1.54, 1.807) is 0 Å². The van der Waals surface area contributed by atoms with Crippen molar-refractivity contribution >= 4 is 0 Å². The van der Waals surface area contributed by atoms with Gasteiger partial charge in [0.25, 0.3) is 0 Å². The molecule has 0 bridgehead atoms. The van der Waals surface area contributed by atoms with Gasteiger partial charge in [-0.25, -0.2) is 0 Å². The molecular formula is C30H53NO. The normalized spacial score (nSPS) is 49.4. The third kappa shape index (κ3) is 3.40. The minimum Gasteiger partial charge on any atom is -0.390 e. The lowest BCUT2D eigenvalue weighted by Crippen LogP contribution is -2.65. The fraction of sp³-hybridized carbons (Fsp3) is 0.933. The van der Waals surface area contributed by atoms with Gasteiger partial charge in [0.05, 0.1) is 5.60 Å². The molecule has 4 saturated carbocycles. The number of fused-ring (bicyclic) bond motifs is 5. The predicted octanol–water partition coefficient (Wildman–Crippen LogP) is 7.50. The molecule has 0 aromatic carbocycles. The molecule has 4 fully saturated rings. The first-order chi connectivity index (χ1) is 14.7. The molecule has 2 heteroatoms. The van der Waals surface area contributed by atoms with Crippen molar-refractivity contribution in [2.75, 3.05) is 0 Å². The lowest BCUT2D eigenvalue weighted by atomic mass is 9.35. The summed E-state index contributed by atoms with van der Waals surface area (Å²) in [7, 11) is 0. The zero-order valence-corrected chi connectivity index (χ0v) is 22.6. The summed E-state index contributed by atoms with van der Waals surface area (Å²) in [5.74, 6) is 2.68. The Labute approximate surface area is 199 Å². The van der Waals surface area contributed by atoms with E-state index < -0.39 is 5.60 Å². The molecule has 0 aromatic heterocycles. The fourth-order valence-corrected chi connectivity index (χ4v) is 10.4. The van der Waals surface area contributed by atoms with Crippen LogP contribution < -0.4 is 5.73 Å². The molecule has 9 atom stereocenters. The first-order valence-electron chi connectivity index (χ1n) is 13.8. The standard InChI is InChI=1S/C30H53NO/c1-20(2)10-9-16-30(8,32)22-13-18-28(6)21(22)11-12-24-27(5)17-15-25(31)26(3,4)23(27)14-19-29(24,28)7/h10,21-25,32H,9,11-19,31H2,1-8H3/t21?,22?,23?,24?,25-,27+,28-,29-,30?/m1/s1. The van der Waals surface area contributed by atoms with Crippen molar-refractivity contribution < 1.29 is 5.11 Å². The minimum absolute atomic E-state index is 0.249. The Morgan fingerprint density at radius 1 is 0.906 bits per heavy atom. The van der Waals surface area contributed by atoms with Crippen LogP contribution in [0.1, 0.15) is 120 Å². The Morgan fingerprint density at radius 3 is 2.22 bits per heavy atom. The molecule has 0 aliphatic heterocycles. The van der Waals surface area contributed by atoms with E-state index in [0.29, 0.717) is 34.1 Å². The van der Waals surface area contributed by atoms with Crippen molar-refractivity contribution in [1.82, 2.24) is 0 Å². The van der Waals surface area contributed by atoms with Crippen LogP contribution in [0.5, 0.6) is 0 Å². The van der Waals surface area contributed by atoms with E-state index in [-0.39, 0.29) is 5.41 Å². The molecule has 0 spiro atoms. The van der Waals surface area contributed by atoms with Crippen LogP contribution in [0.3, 0.4) is 0 Å². The van der Waals surface area contributed by atoms with Gasteiger partial charge >= 0.3 is 0 Å². The van der Waals surface area contributed by atoms with Crippen LogP contribution in [0.15, 0.2) is 11.6 Å². The number of nitrogens with two attached hydrogens (primary N) is 1. The van der Waals surface area contributed by atoms with Gasteiger partial charge in [0.15, 0.2) is 0 Å². The summed E-state index contributed by atoms with van der Waals surface area (Å²) in [6.07, 6.45) is 14.6. The summed E-state index contributed by atoms with van der Waals surface area (Å²) < 4.78 is 0. The van der Waals surface area contributed by atoms with E-state index >= 15 is 0 Å². The second-order valence-corrected chi connectivity index (χ2v) is 14.5. The van der Waals surface area contributed by atoms with E-state index in [0.717, 1.165) is 24.7 Å². The van der Waals surface area contributed by atoms with Gasteiger partial charge in [-0.1, -0.05) is 46.3 Å². The highest BCUT2D eigenvalue weighted by molar-refractivity contribution is 5.18. The number of allylic oxidation sites excluding steroid dienone is 2. The minimum atomic E-state index is -0.543. The molecule has 184 valence electrons. The number of hydrogen-bond donors (Lipinski definition) is 2. The number of rotatable bonds is 4. The molecule has 0 saturated heterocycles. The SMILES string of the molecule is CC(C)=CCCC(C)(O)C1CC[C@]2(C)C1CCC1[C@@]3(C)CC[C@@H](N)C(C)(C)C3CC[C@]12C. The van der Waals surface area contributed by atoms with Gasteiger partial charge in [-0.2, -0.15) is 0 Å². The van der Waals surface area contributed by atoms with Gasteiger partial charge in [-0.3, -0.25) is 0 Å². The third-order valence-corrected chi connectivity index (χ3v) is 12.5. The second kappa shape index (κ2) is 7.84. The molecule has 32 heavy (non-hydrogen) atoms. The first kappa shape index (κ1) is 24.8. The van der Waals surface area contributed by atoms with E-state index in [1.807, 2.05) is 0 Å². The molecule has 0 aromatic rings. The van der Waals surface area contributed by atoms with Crippen molar-refractivity contribution in [3.8, 4) is 0 Å². The number of aliphatic hydroxyl groups is 1. The maximum Gasteiger partial charge on any atom is 0.0653 e. The van der Waals surface area contributed by atoms with Crippen LogP contribution in [0, 0.1) is 45.3 Å². The molecule has 0 radical (unpaired) electrons. The van der Waals surface area contributed by atoms with Crippen LogP contribution in [0.25, 0.3) is 0 Å². The van der Waals surface area contributed by atoms with Crippen LogP contribution in [-0.4, -0.2) is 16.7 Å². The molecule has 0 amide bonds. The Bertz CT molecular complexity index is 748. The molecular weight excluding hydrogens is 390 g/mol. The average molecular weight is 444 g/mol. The Hall–Kier alpha value is -0.340. The van der Waals surface area contributed by atoms with Crippen molar-refractivity contribution in [2.45, 2.75) is 131 Å². The van der Waals surface area contributed by atoms with E-state index in [2.05, 4.69) is 61.5 Å². The zero-order chi connectivity index (χ0) is 23.7. The molecule has 5 unspecified atom stereocenters. The molecule has 3 N–H and O–H groups in total. The summed E-state index contributed by atoms with van der Waals surface area (Å²) in [6, 6.07) is 0.351. The van der Waals surface area contributed by atoms with Crippen LogP contribution in [0.4, 0.5) is 0 Å². The van der Waals surface area contributed by atoms with Crippen LogP contribution >= 0.6 is 0 Å². The van der Waals surface area contributed by atoms with E-state index in [4.69, 9.17) is 5.73 Å². The monoisotopic (exact) mass is 443 g/mol. The summed E-state index contributed by atoms with van der Waals surface area (Å²) in [4.78, 5) is 0. The zero-order valence-electron chi connectivity index (χ0n) is 22.6. The number of hydrogen-bond acceptors (Lipinski definition) is 2. The maximum atomic E-state index is 11.7. The van der Waals surface area contributed by atoms with Crippen molar-refractivity contribution in [3.05, 3.63) is 11.6 Å². The fourth-order valence-electron chi connectivity index (χ4n) is 10.4. The van der Waals surface area contributed by atoms with Gasteiger partial charge in [-0.05, 0) is 130 Å². The van der Waals surface area contributed by atoms with Crippen molar-refractivity contribution in [2.24, 2.45) is 51.1 Å². The summed E-state index contributed by atoms with van der Waals surface area (Å²) in [5.41, 5.74) is 8.93. The van der Waals surface area contributed by atoms with E-state index in [9.17, 15) is 5.11 Å². The van der Waals surface area contributed by atoms with Gasteiger partial charge in [0.2, 0.25) is 0 Å². The van der Waals surface area contributed by atoms with Gasteiger partial charge < -0.3 is 10.8 Å². The first-order valence-corrected chi connectivity index (χ1v) is 13.8. The molecule has 4 rings (SSSR count). The summed E-state index contributed by atoms with van der Waals surface area (Å²) >= 11 is 0. The van der Waals surface area contributed by atoms with Crippen LogP contribution in [0.2, 0.25) is 0 Å². The summed E-state index contributed by atoms with van der Waals surface area (Å²) in [5, 5.41) is 11.7. The topological polar surface area (TPSA) is 46.2 Å². The molecule has 4 aliphatic carbocycles. The quantitative estimate of drug-likeness (QED) is 0.442. The van der Waals surface area contributed by atoms with Crippen molar-refractivity contribution in [1.29, 1.82) is 0 Å². The third-order valence-electron chi connectivity index (χ3n) is 12.5. The van der Waals surface area contributed by atoms with Crippen LogP contribution in [-0.2, 0) is 0 Å². The highest BCUT2D eigenvalue weighted by Gasteiger charge is 2.69. The van der Waals surface area contributed by atoms with Gasteiger partial charge in [-0.15, -0.1) is 0 Å². The smallest absolute Gasteiger partial charge is 0.0653 e. The van der Waals surface area contributed by atoms with Gasteiger partial charge in [0.1, 0.15) is 0 Å². The highest BCUT2D eigenvalue weighted by atomic mass is 16.3. The largest absolute Gasteiger partial charge is 0.390 e. The lowest BCUT2D eigenvalue weighted by Gasteiger charge is -2.70. The highest BCUT2D eigenvalue weighted by Crippen LogP contribution is 2.75. The molecule has 2 nitrogen and oxygen atoms in total. The second-order valence-electron chi connectivity index (χ2n) is 14.5. The summed E-state index contributed by atoms with van der Waals surface area (Å²) in [6.45, 7) is 19.4. The Balaban J connectivity index is 1.61. The average Bonchev–Trinajstić information content (AvgIpc) is 3.04.